The first-order chi connectivity index (χ1) is 9.98. The first-order valence-electron chi connectivity index (χ1n) is 7.02. The molecule has 1 aliphatic heterocycles. The normalized spacial score (nSPS) is 21.3. The molecule has 5 nitrogen and oxygen atoms in total. The van der Waals surface area contributed by atoms with Gasteiger partial charge in [0.15, 0.2) is 0 Å². The van der Waals surface area contributed by atoms with Crippen LogP contribution < -0.4 is 5.32 Å². The number of nitrogens with one attached hydrogen (secondary N) is 1. The Morgan fingerprint density at radius 1 is 1.43 bits per heavy atom. The molecule has 0 aliphatic carbocycles. The predicted molar refractivity (Wildman–Crippen MR) is 81.6 cm³/mol. The van der Waals surface area contributed by atoms with Crippen LogP contribution in [0, 0.1) is 5.41 Å². The molecule has 0 radical (unpaired) electrons. The number of hydrogen-bond acceptors (Lipinski definition) is 2. The second kappa shape index (κ2) is 6.35. The molecule has 1 unspecified atom stereocenters. The molecule has 1 aromatic rings. The molecule has 1 fully saturated rings. The number of urea groups is 1. The van der Waals surface area contributed by atoms with Gasteiger partial charge < -0.3 is 15.3 Å². The minimum atomic E-state index is -0.822. The van der Waals surface area contributed by atoms with E-state index in [0.717, 1.165) is 6.42 Å². The number of carbonyl (C=O) groups excluding carboxylic acids is 1. The Bertz CT molecular complexity index is 549. The van der Waals surface area contributed by atoms with E-state index in [1.54, 1.807) is 29.2 Å². The maximum Gasteiger partial charge on any atom is 0.321 e. The van der Waals surface area contributed by atoms with E-state index in [4.69, 9.17) is 11.6 Å². The first kappa shape index (κ1) is 15.6. The van der Waals surface area contributed by atoms with E-state index in [1.807, 2.05) is 6.92 Å². The van der Waals surface area contributed by atoms with Gasteiger partial charge in [-0.05, 0) is 25.0 Å². The van der Waals surface area contributed by atoms with Crippen molar-refractivity contribution < 1.29 is 14.7 Å². The molecular formula is C15H19ClN2O3. The number of amides is 2. The number of benzene rings is 1. The first-order valence-corrected chi connectivity index (χ1v) is 7.40. The molecule has 1 aliphatic rings. The van der Waals surface area contributed by atoms with Crippen LogP contribution in [0.1, 0.15) is 26.2 Å². The van der Waals surface area contributed by atoms with Gasteiger partial charge in [0.2, 0.25) is 0 Å². The van der Waals surface area contributed by atoms with Crippen LogP contribution in [0.15, 0.2) is 24.3 Å². The van der Waals surface area contributed by atoms with Gasteiger partial charge in [-0.25, -0.2) is 4.79 Å². The number of carbonyl (C=O) groups is 2. The highest BCUT2D eigenvalue weighted by Gasteiger charge is 2.45. The van der Waals surface area contributed by atoms with E-state index in [9.17, 15) is 14.7 Å². The topological polar surface area (TPSA) is 69.6 Å². The Hall–Kier alpha value is -1.75. The molecule has 2 amide bonds. The number of likely N-dealkylation sites (tertiary alicyclic amines) is 1. The minimum Gasteiger partial charge on any atom is -0.481 e. The fraction of sp³-hybridized carbons (Fsp3) is 0.467. The molecule has 0 spiro atoms. The van der Waals surface area contributed by atoms with Crippen molar-refractivity contribution in [1.82, 2.24) is 4.90 Å². The van der Waals surface area contributed by atoms with Crippen LogP contribution in [0.3, 0.4) is 0 Å². The number of rotatable bonds is 4. The van der Waals surface area contributed by atoms with Gasteiger partial charge in [0, 0.05) is 13.1 Å². The van der Waals surface area contributed by atoms with Crippen molar-refractivity contribution in [3.8, 4) is 0 Å². The van der Waals surface area contributed by atoms with Crippen LogP contribution in [0.4, 0.5) is 10.5 Å². The van der Waals surface area contributed by atoms with E-state index < -0.39 is 11.4 Å². The number of carboxylic acid groups (broad SMARTS) is 1. The zero-order valence-electron chi connectivity index (χ0n) is 11.9. The van der Waals surface area contributed by atoms with Crippen molar-refractivity contribution in [3.05, 3.63) is 29.3 Å². The van der Waals surface area contributed by atoms with Gasteiger partial charge in [0.05, 0.1) is 16.1 Å². The second-order valence-corrected chi connectivity index (χ2v) is 5.82. The second-order valence-electron chi connectivity index (χ2n) is 5.42. The molecule has 1 heterocycles. The van der Waals surface area contributed by atoms with Crippen molar-refractivity contribution in [2.45, 2.75) is 26.2 Å². The fourth-order valence-electron chi connectivity index (χ4n) is 2.77. The van der Waals surface area contributed by atoms with Crippen molar-refractivity contribution in [3.63, 3.8) is 0 Å². The minimum absolute atomic E-state index is 0.243. The monoisotopic (exact) mass is 310 g/mol. The Balaban J connectivity index is 2.05. The predicted octanol–water partition coefficient (Wildman–Crippen LogP) is 3.45. The van der Waals surface area contributed by atoms with Crippen LogP contribution in [0.5, 0.6) is 0 Å². The molecular weight excluding hydrogens is 292 g/mol. The third kappa shape index (κ3) is 3.29. The van der Waals surface area contributed by atoms with E-state index in [1.165, 1.54) is 0 Å². The molecule has 2 N–H and O–H groups in total. The Morgan fingerprint density at radius 3 is 2.76 bits per heavy atom. The summed E-state index contributed by atoms with van der Waals surface area (Å²) in [6, 6.07) is 6.67. The van der Waals surface area contributed by atoms with Crippen molar-refractivity contribution >= 4 is 29.3 Å². The summed E-state index contributed by atoms with van der Waals surface area (Å²) in [5.41, 5.74) is -0.278. The van der Waals surface area contributed by atoms with Gasteiger partial charge in [-0.3, -0.25) is 4.79 Å². The third-order valence-electron chi connectivity index (χ3n) is 3.94. The van der Waals surface area contributed by atoms with Crippen LogP contribution in [0.2, 0.25) is 5.02 Å². The summed E-state index contributed by atoms with van der Waals surface area (Å²) in [6.45, 7) is 2.65. The highest BCUT2D eigenvalue weighted by molar-refractivity contribution is 6.33. The fourth-order valence-corrected chi connectivity index (χ4v) is 2.95. The maximum absolute atomic E-state index is 12.2. The van der Waals surface area contributed by atoms with Crippen LogP contribution in [0.25, 0.3) is 0 Å². The molecule has 0 bridgehead atoms. The van der Waals surface area contributed by atoms with Crippen molar-refractivity contribution in [1.29, 1.82) is 0 Å². The summed E-state index contributed by atoms with van der Waals surface area (Å²) in [5.74, 6) is -0.822. The highest BCUT2D eigenvalue weighted by Crippen LogP contribution is 2.36. The molecule has 1 atom stereocenters. The van der Waals surface area contributed by atoms with Gasteiger partial charge in [-0.15, -0.1) is 0 Å². The smallest absolute Gasteiger partial charge is 0.321 e. The Labute approximate surface area is 128 Å². The highest BCUT2D eigenvalue weighted by atomic mass is 35.5. The summed E-state index contributed by atoms with van der Waals surface area (Å²) in [5, 5.41) is 12.6. The zero-order valence-corrected chi connectivity index (χ0v) is 12.7. The standard InChI is InChI=1S/C15H19ClN2O3/c1-2-7-15(13(19)20)8-9-18(10-15)14(21)17-12-6-4-3-5-11(12)16/h3-6H,2,7-10H2,1H3,(H,17,21)(H,19,20). The lowest BCUT2D eigenvalue weighted by atomic mass is 9.83. The van der Waals surface area contributed by atoms with Crippen molar-refractivity contribution in [2.24, 2.45) is 5.41 Å². The number of halogens is 1. The molecule has 0 aromatic heterocycles. The number of aliphatic carboxylic acids is 1. The zero-order chi connectivity index (χ0) is 15.5. The Kier molecular flexibility index (Phi) is 4.73. The van der Waals surface area contributed by atoms with Gasteiger partial charge in [-0.1, -0.05) is 37.1 Å². The number of nitrogens with zero attached hydrogens (tertiary/aromatic N) is 1. The lowest BCUT2D eigenvalue weighted by molar-refractivity contribution is -0.148. The van der Waals surface area contributed by atoms with E-state index in [0.29, 0.717) is 30.1 Å². The summed E-state index contributed by atoms with van der Waals surface area (Å²) < 4.78 is 0. The van der Waals surface area contributed by atoms with Gasteiger partial charge in [-0.2, -0.15) is 0 Å². The number of para-hydroxylation sites is 1. The SMILES string of the molecule is CCCC1(C(=O)O)CCN(C(=O)Nc2ccccc2Cl)C1. The van der Waals surface area contributed by atoms with Gasteiger partial charge in [0.25, 0.3) is 0 Å². The van der Waals surface area contributed by atoms with Gasteiger partial charge >= 0.3 is 12.0 Å². The third-order valence-corrected chi connectivity index (χ3v) is 4.27. The summed E-state index contributed by atoms with van der Waals surface area (Å²) in [6.07, 6.45) is 1.86. The molecule has 6 heteroatoms. The molecule has 2 rings (SSSR count). The molecule has 114 valence electrons. The van der Waals surface area contributed by atoms with Crippen LogP contribution in [-0.4, -0.2) is 35.1 Å². The lowest BCUT2D eigenvalue weighted by Crippen LogP contribution is -2.38. The number of carboxylic acids is 1. The number of hydrogen-bond donors (Lipinski definition) is 2. The van der Waals surface area contributed by atoms with Crippen molar-refractivity contribution in [2.75, 3.05) is 18.4 Å². The Morgan fingerprint density at radius 2 is 2.14 bits per heavy atom. The van der Waals surface area contributed by atoms with Crippen LogP contribution in [-0.2, 0) is 4.79 Å². The van der Waals surface area contributed by atoms with E-state index in [-0.39, 0.29) is 12.6 Å². The quantitative estimate of drug-likeness (QED) is 0.895. The maximum atomic E-state index is 12.2. The largest absolute Gasteiger partial charge is 0.481 e. The molecule has 1 aromatic carbocycles. The van der Waals surface area contributed by atoms with E-state index in [2.05, 4.69) is 5.32 Å². The van der Waals surface area contributed by atoms with Crippen LogP contribution >= 0.6 is 11.6 Å². The summed E-state index contributed by atoms with van der Waals surface area (Å²) >= 11 is 6.00. The van der Waals surface area contributed by atoms with Gasteiger partial charge in [0.1, 0.15) is 0 Å². The van der Waals surface area contributed by atoms with E-state index >= 15 is 0 Å². The molecule has 21 heavy (non-hydrogen) atoms. The average Bonchev–Trinajstić information content (AvgIpc) is 2.87. The molecule has 1 saturated heterocycles. The number of anilines is 1. The summed E-state index contributed by atoms with van der Waals surface area (Å²) in [7, 11) is 0. The summed E-state index contributed by atoms with van der Waals surface area (Å²) in [4.78, 5) is 25.3. The molecule has 0 saturated carbocycles. The lowest BCUT2D eigenvalue weighted by Gasteiger charge is -2.24. The average molecular weight is 311 g/mol.